The van der Waals surface area contributed by atoms with Crippen molar-refractivity contribution < 1.29 is 4.79 Å². The summed E-state index contributed by atoms with van der Waals surface area (Å²) in [7, 11) is 1.66. The smallest absolute Gasteiger partial charge is 0.237 e. The quantitative estimate of drug-likeness (QED) is 0.866. The zero-order valence-corrected chi connectivity index (χ0v) is 11.2. The number of carbonyl (C=O) groups excluding carboxylic acids is 1. The molecule has 0 radical (unpaired) electrons. The molecule has 1 aliphatic heterocycles. The van der Waals surface area contributed by atoms with Gasteiger partial charge in [0.1, 0.15) is 0 Å². The first-order valence-electron chi connectivity index (χ1n) is 5.55. The minimum Gasteiger partial charge on any atom is -0.358 e. The van der Waals surface area contributed by atoms with E-state index < -0.39 is 0 Å². The van der Waals surface area contributed by atoms with Crippen LogP contribution in [0, 0.1) is 0 Å². The molecule has 0 bridgehead atoms. The average Bonchev–Trinajstić information content (AvgIpc) is 2.85. The fourth-order valence-electron chi connectivity index (χ4n) is 2.19. The number of likely N-dealkylation sites (N-methyl/N-ethyl adjacent to an activating group) is 1. The number of nitrogens with one attached hydrogen (secondary N) is 1. The first kappa shape index (κ1) is 12.8. The van der Waals surface area contributed by atoms with Gasteiger partial charge in [-0.05, 0) is 18.6 Å². The van der Waals surface area contributed by atoms with Crippen LogP contribution in [0.5, 0.6) is 0 Å². The third-order valence-corrected chi connectivity index (χ3v) is 4.19. The summed E-state index contributed by atoms with van der Waals surface area (Å²) in [6.45, 7) is 1.50. The van der Waals surface area contributed by atoms with Gasteiger partial charge in [-0.25, -0.2) is 0 Å². The number of amides is 1. The van der Waals surface area contributed by atoms with Crippen molar-refractivity contribution in [2.75, 3.05) is 13.6 Å². The number of nitrogens with two attached hydrogens (primary N) is 1. The van der Waals surface area contributed by atoms with Crippen molar-refractivity contribution in [2.24, 2.45) is 5.73 Å². The maximum atomic E-state index is 11.7. The molecule has 1 aliphatic rings. The number of rotatable bonds is 3. The number of carbonyl (C=O) groups is 1. The third kappa shape index (κ3) is 2.98. The van der Waals surface area contributed by atoms with Crippen LogP contribution in [0.1, 0.15) is 11.3 Å². The minimum atomic E-state index is -0.115. The Morgan fingerprint density at radius 1 is 1.71 bits per heavy atom. The summed E-state index contributed by atoms with van der Waals surface area (Å²) < 4.78 is 0.778. The van der Waals surface area contributed by atoms with Gasteiger partial charge >= 0.3 is 0 Å². The number of halogens is 1. The van der Waals surface area contributed by atoms with Crippen LogP contribution < -0.4 is 11.1 Å². The van der Waals surface area contributed by atoms with Crippen molar-refractivity contribution in [1.82, 2.24) is 10.2 Å². The lowest BCUT2D eigenvalue weighted by atomic mass is 10.1. The number of hydrogen-bond donors (Lipinski definition) is 2. The van der Waals surface area contributed by atoms with Crippen LogP contribution in [0.15, 0.2) is 12.1 Å². The first-order chi connectivity index (χ1) is 8.10. The molecule has 94 valence electrons. The Labute approximate surface area is 110 Å². The van der Waals surface area contributed by atoms with E-state index in [4.69, 9.17) is 17.3 Å². The fourth-order valence-corrected chi connectivity index (χ4v) is 3.30. The predicted octanol–water partition coefficient (Wildman–Crippen LogP) is 1.05. The monoisotopic (exact) mass is 273 g/mol. The summed E-state index contributed by atoms with van der Waals surface area (Å²) in [6, 6.07) is 3.84. The third-order valence-electron chi connectivity index (χ3n) is 2.97. The zero-order valence-electron chi connectivity index (χ0n) is 9.65. The molecule has 1 fully saturated rings. The summed E-state index contributed by atoms with van der Waals surface area (Å²) >= 11 is 7.45. The Hall–Kier alpha value is -0.620. The zero-order chi connectivity index (χ0) is 12.4. The average molecular weight is 274 g/mol. The van der Waals surface area contributed by atoms with Gasteiger partial charge in [0.15, 0.2) is 0 Å². The molecule has 17 heavy (non-hydrogen) atoms. The van der Waals surface area contributed by atoms with Crippen molar-refractivity contribution in [1.29, 1.82) is 0 Å². The summed E-state index contributed by atoms with van der Waals surface area (Å²) in [5.41, 5.74) is 5.92. The van der Waals surface area contributed by atoms with E-state index in [2.05, 4.69) is 10.2 Å². The Bertz CT molecular complexity index is 409. The first-order valence-corrected chi connectivity index (χ1v) is 6.75. The molecular weight excluding hydrogens is 258 g/mol. The normalized spacial score (nSPS) is 25.1. The highest BCUT2D eigenvalue weighted by atomic mass is 35.5. The van der Waals surface area contributed by atoms with E-state index in [1.54, 1.807) is 18.4 Å². The predicted molar refractivity (Wildman–Crippen MR) is 70.2 cm³/mol. The van der Waals surface area contributed by atoms with E-state index in [1.807, 2.05) is 12.1 Å². The Morgan fingerprint density at radius 3 is 3.06 bits per heavy atom. The van der Waals surface area contributed by atoms with E-state index in [9.17, 15) is 4.79 Å². The Balaban J connectivity index is 2.05. The van der Waals surface area contributed by atoms with Crippen LogP contribution in [-0.4, -0.2) is 36.5 Å². The summed E-state index contributed by atoms with van der Waals surface area (Å²) in [5, 5.41) is 2.69. The maximum absolute atomic E-state index is 11.7. The van der Waals surface area contributed by atoms with Crippen LogP contribution >= 0.6 is 22.9 Å². The molecule has 2 heterocycles. The van der Waals surface area contributed by atoms with E-state index in [-0.39, 0.29) is 18.0 Å². The van der Waals surface area contributed by atoms with Gasteiger partial charge in [-0.15, -0.1) is 11.3 Å². The second kappa shape index (κ2) is 5.35. The lowest BCUT2D eigenvalue weighted by Crippen LogP contribution is -2.41. The van der Waals surface area contributed by atoms with Gasteiger partial charge in [0.05, 0.1) is 10.4 Å². The van der Waals surface area contributed by atoms with Crippen molar-refractivity contribution in [3.63, 3.8) is 0 Å². The van der Waals surface area contributed by atoms with Crippen LogP contribution in [0.3, 0.4) is 0 Å². The molecule has 2 atom stereocenters. The van der Waals surface area contributed by atoms with Gasteiger partial charge in [0.2, 0.25) is 5.91 Å². The highest BCUT2D eigenvalue weighted by Gasteiger charge is 2.34. The summed E-state index contributed by atoms with van der Waals surface area (Å²) in [6.07, 6.45) is 0.721. The largest absolute Gasteiger partial charge is 0.358 e. The number of nitrogens with zero attached hydrogens (tertiary/aromatic N) is 1. The van der Waals surface area contributed by atoms with Gasteiger partial charge in [-0.3, -0.25) is 9.69 Å². The lowest BCUT2D eigenvalue weighted by molar-refractivity contribution is -0.125. The van der Waals surface area contributed by atoms with Gasteiger partial charge < -0.3 is 11.1 Å². The van der Waals surface area contributed by atoms with Gasteiger partial charge in [0, 0.05) is 31.1 Å². The molecule has 3 N–H and O–H groups in total. The molecule has 0 unspecified atom stereocenters. The van der Waals surface area contributed by atoms with Gasteiger partial charge in [-0.2, -0.15) is 0 Å². The molecule has 0 spiro atoms. The van der Waals surface area contributed by atoms with Gasteiger partial charge in [0.25, 0.3) is 0 Å². The van der Waals surface area contributed by atoms with Gasteiger partial charge in [-0.1, -0.05) is 11.6 Å². The molecule has 4 nitrogen and oxygen atoms in total. The molecule has 0 saturated carbocycles. The molecule has 1 aromatic heterocycles. The maximum Gasteiger partial charge on any atom is 0.237 e. The van der Waals surface area contributed by atoms with Crippen molar-refractivity contribution in [2.45, 2.75) is 25.0 Å². The van der Waals surface area contributed by atoms with E-state index in [1.165, 1.54) is 0 Å². The lowest BCUT2D eigenvalue weighted by Gasteiger charge is -2.21. The molecular formula is C11H16ClN3OS. The molecule has 1 aromatic rings. The van der Waals surface area contributed by atoms with Crippen LogP contribution in [-0.2, 0) is 11.3 Å². The molecule has 2 rings (SSSR count). The topological polar surface area (TPSA) is 58.4 Å². The Kier molecular flexibility index (Phi) is 4.04. The fraction of sp³-hybridized carbons (Fsp3) is 0.545. The number of thiophene rings is 1. The molecule has 1 amide bonds. The molecule has 0 aromatic carbocycles. The minimum absolute atomic E-state index is 0.0422. The summed E-state index contributed by atoms with van der Waals surface area (Å²) in [5.74, 6) is 0.0422. The molecule has 6 heteroatoms. The highest BCUT2D eigenvalue weighted by Crippen LogP contribution is 2.26. The van der Waals surface area contributed by atoms with Crippen molar-refractivity contribution in [3.8, 4) is 0 Å². The van der Waals surface area contributed by atoms with E-state index in [0.717, 1.165) is 28.7 Å². The molecule has 1 saturated heterocycles. The standard InChI is InChI=1S/C11H16ClN3OS/c1-14-11(16)9-4-7(13)5-15(9)6-8-2-3-10(12)17-8/h2-3,7,9H,4-6,13H2,1H3,(H,14,16)/t7-,9+/m1/s1. The van der Waals surface area contributed by atoms with Crippen LogP contribution in [0.2, 0.25) is 4.34 Å². The van der Waals surface area contributed by atoms with Crippen molar-refractivity contribution in [3.05, 3.63) is 21.3 Å². The molecule has 0 aliphatic carbocycles. The van der Waals surface area contributed by atoms with Crippen LogP contribution in [0.25, 0.3) is 0 Å². The second-order valence-corrected chi connectivity index (χ2v) is 6.06. The number of hydrogen-bond acceptors (Lipinski definition) is 4. The second-order valence-electron chi connectivity index (χ2n) is 4.26. The highest BCUT2D eigenvalue weighted by molar-refractivity contribution is 7.16. The van der Waals surface area contributed by atoms with Crippen molar-refractivity contribution >= 4 is 28.8 Å². The summed E-state index contributed by atoms with van der Waals surface area (Å²) in [4.78, 5) is 15.0. The van der Waals surface area contributed by atoms with E-state index >= 15 is 0 Å². The van der Waals surface area contributed by atoms with Crippen LogP contribution in [0.4, 0.5) is 0 Å². The Morgan fingerprint density at radius 2 is 2.47 bits per heavy atom. The SMILES string of the molecule is CNC(=O)[C@@H]1C[C@@H](N)CN1Cc1ccc(Cl)s1. The number of likely N-dealkylation sites (tertiary alicyclic amines) is 1. The van der Waals surface area contributed by atoms with E-state index in [0.29, 0.717) is 0 Å².